The summed E-state index contributed by atoms with van der Waals surface area (Å²) in [5, 5.41) is 11.8. The first-order chi connectivity index (χ1) is 10.5. The zero-order valence-corrected chi connectivity index (χ0v) is 12.9. The molecule has 2 aromatic rings. The first-order valence-electron chi connectivity index (χ1n) is 6.78. The van der Waals surface area contributed by atoms with E-state index in [0.29, 0.717) is 5.39 Å². The van der Waals surface area contributed by atoms with Gasteiger partial charge >= 0.3 is 10.4 Å². The van der Waals surface area contributed by atoms with Crippen LogP contribution in [0.3, 0.4) is 0 Å². The molecule has 0 bridgehead atoms. The third kappa shape index (κ3) is 4.67. The summed E-state index contributed by atoms with van der Waals surface area (Å²) < 4.78 is 38.5. The van der Waals surface area contributed by atoms with Crippen LogP contribution in [0.4, 0.5) is 0 Å². The van der Waals surface area contributed by atoms with Gasteiger partial charge in [0.1, 0.15) is 6.61 Å². The molecule has 0 amide bonds. The highest BCUT2D eigenvalue weighted by Gasteiger charge is 2.17. The van der Waals surface area contributed by atoms with Gasteiger partial charge in [-0.15, -0.1) is 0 Å². The maximum atomic E-state index is 11.9. The van der Waals surface area contributed by atoms with Gasteiger partial charge in [0.25, 0.3) is 0 Å². The van der Waals surface area contributed by atoms with Gasteiger partial charge in [-0.05, 0) is 18.4 Å². The van der Waals surface area contributed by atoms with Crippen LogP contribution in [0.1, 0.15) is 6.92 Å². The minimum atomic E-state index is -4.20. The molecule has 1 atom stereocenters. The van der Waals surface area contributed by atoms with Crippen molar-refractivity contribution in [3.8, 4) is 5.75 Å². The van der Waals surface area contributed by atoms with E-state index in [9.17, 15) is 13.5 Å². The Morgan fingerprint density at radius 1 is 1.09 bits per heavy atom. The summed E-state index contributed by atoms with van der Waals surface area (Å²) in [4.78, 5) is 0. The van der Waals surface area contributed by atoms with Crippen molar-refractivity contribution in [3.05, 3.63) is 42.5 Å². The monoisotopic (exact) mass is 325 g/mol. The number of ether oxygens (including phenoxy) is 1. The van der Waals surface area contributed by atoms with Crippen LogP contribution < -0.4 is 4.18 Å². The normalized spacial score (nSPS) is 13.2. The quantitative estimate of drug-likeness (QED) is 0.744. The summed E-state index contributed by atoms with van der Waals surface area (Å²) >= 11 is 0. The van der Waals surface area contributed by atoms with Crippen LogP contribution in [-0.4, -0.2) is 34.3 Å². The predicted molar refractivity (Wildman–Crippen MR) is 80.4 cm³/mol. The number of rotatable bonds is 8. The van der Waals surface area contributed by atoms with Crippen molar-refractivity contribution in [2.24, 2.45) is 0 Å². The molecule has 7 heteroatoms. The van der Waals surface area contributed by atoms with E-state index < -0.39 is 16.5 Å². The predicted octanol–water partition coefficient (Wildman–Crippen LogP) is 2.32. The standard InChI is InChI=1S/C15H17O6S/c1-12(19-10-9-16)11-20-22(17,18)21-15-8-4-6-13-5-2-3-7-14(13)15/h2-8,12H,9-11H2,1H3. The molecule has 2 aromatic carbocycles. The molecule has 119 valence electrons. The molecule has 0 saturated carbocycles. The molecule has 1 unspecified atom stereocenters. The van der Waals surface area contributed by atoms with Crippen molar-refractivity contribution in [3.63, 3.8) is 0 Å². The molecule has 0 spiro atoms. The van der Waals surface area contributed by atoms with E-state index in [0.717, 1.165) is 5.39 Å². The molecule has 0 saturated heterocycles. The maximum Gasteiger partial charge on any atom is 0.449 e. The van der Waals surface area contributed by atoms with Crippen molar-refractivity contribution in [1.82, 2.24) is 0 Å². The molecule has 0 aliphatic carbocycles. The zero-order valence-electron chi connectivity index (χ0n) is 12.1. The first-order valence-corrected chi connectivity index (χ1v) is 8.11. The molecular formula is C15H17O6S. The largest absolute Gasteiger partial charge is 0.449 e. The van der Waals surface area contributed by atoms with E-state index in [-0.39, 0.29) is 25.6 Å². The van der Waals surface area contributed by atoms with Gasteiger partial charge < -0.3 is 8.92 Å². The summed E-state index contributed by atoms with van der Waals surface area (Å²) in [5.41, 5.74) is 0. The van der Waals surface area contributed by atoms with Gasteiger partial charge in [-0.25, -0.2) is 9.29 Å². The number of hydrogen-bond donors (Lipinski definition) is 0. The average molecular weight is 325 g/mol. The van der Waals surface area contributed by atoms with Crippen molar-refractivity contribution < 1.29 is 26.6 Å². The lowest BCUT2D eigenvalue weighted by Gasteiger charge is -2.13. The van der Waals surface area contributed by atoms with Crippen LogP contribution in [0, 0.1) is 0 Å². The van der Waals surface area contributed by atoms with Gasteiger partial charge in [-0.3, -0.25) is 0 Å². The Balaban J connectivity index is 2.04. The third-order valence-electron chi connectivity index (χ3n) is 2.87. The van der Waals surface area contributed by atoms with Gasteiger partial charge in [0, 0.05) is 5.39 Å². The third-order valence-corrected chi connectivity index (χ3v) is 3.68. The molecule has 0 aliphatic rings. The van der Waals surface area contributed by atoms with E-state index in [2.05, 4.69) is 0 Å². The molecule has 2 rings (SSSR count). The average Bonchev–Trinajstić information content (AvgIpc) is 2.51. The molecule has 0 aromatic heterocycles. The lowest BCUT2D eigenvalue weighted by atomic mass is 10.1. The summed E-state index contributed by atoms with van der Waals surface area (Å²) in [6.07, 6.45) is -0.514. The Kier molecular flexibility index (Phi) is 5.73. The van der Waals surface area contributed by atoms with Gasteiger partial charge in [0.15, 0.2) is 5.75 Å². The van der Waals surface area contributed by atoms with Crippen molar-refractivity contribution >= 4 is 21.2 Å². The van der Waals surface area contributed by atoms with Gasteiger partial charge in [-0.1, -0.05) is 36.4 Å². The summed E-state index contributed by atoms with van der Waals surface area (Å²) in [6, 6.07) is 12.4. The number of benzene rings is 2. The fourth-order valence-corrected chi connectivity index (χ4v) is 2.65. The number of hydrogen-bond acceptors (Lipinski definition) is 5. The Labute approximate surface area is 129 Å². The van der Waals surface area contributed by atoms with Crippen molar-refractivity contribution in [1.29, 1.82) is 0 Å². The zero-order chi connectivity index (χ0) is 16.0. The van der Waals surface area contributed by atoms with Crippen LogP contribution in [0.2, 0.25) is 0 Å². The lowest BCUT2D eigenvalue weighted by molar-refractivity contribution is -0.000482. The smallest absolute Gasteiger partial charge is 0.374 e. The molecule has 0 N–H and O–H groups in total. The topological polar surface area (TPSA) is 81.7 Å². The SMILES string of the molecule is CC(COS(=O)(=O)Oc1cccc2ccccc12)OCC[O]. The van der Waals surface area contributed by atoms with Crippen LogP contribution in [0.25, 0.3) is 10.8 Å². The van der Waals surface area contributed by atoms with Crippen LogP contribution in [0.5, 0.6) is 5.75 Å². The molecule has 0 heterocycles. The highest BCUT2D eigenvalue weighted by molar-refractivity contribution is 7.82. The van der Waals surface area contributed by atoms with Crippen LogP contribution >= 0.6 is 0 Å². The second-order valence-electron chi connectivity index (χ2n) is 4.64. The summed E-state index contributed by atoms with van der Waals surface area (Å²) in [7, 11) is -4.20. The van der Waals surface area contributed by atoms with Gasteiger partial charge in [0.2, 0.25) is 0 Å². The molecule has 0 aliphatic heterocycles. The van der Waals surface area contributed by atoms with E-state index >= 15 is 0 Å². The minimum absolute atomic E-state index is 0.00868. The molecule has 1 radical (unpaired) electrons. The fourth-order valence-electron chi connectivity index (χ4n) is 1.88. The Bertz CT molecular complexity index is 708. The second kappa shape index (κ2) is 7.55. The van der Waals surface area contributed by atoms with Crippen molar-refractivity contribution in [2.45, 2.75) is 13.0 Å². The molecular weight excluding hydrogens is 308 g/mol. The van der Waals surface area contributed by atoms with E-state index in [1.54, 1.807) is 31.2 Å². The highest BCUT2D eigenvalue weighted by atomic mass is 32.3. The fraction of sp³-hybridized carbons (Fsp3) is 0.333. The summed E-state index contributed by atoms with van der Waals surface area (Å²) in [6.45, 7) is 1.02. The van der Waals surface area contributed by atoms with Crippen molar-refractivity contribution in [2.75, 3.05) is 19.8 Å². The summed E-state index contributed by atoms with van der Waals surface area (Å²) in [5.74, 6) is 0.200. The van der Waals surface area contributed by atoms with Gasteiger partial charge in [-0.2, -0.15) is 8.42 Å². The van der Waals surface area contributed by atoms with E-state index in [4.69, 9.17) is 13.1 Å². The number of fused-ring (bicyclic) bond motifs is 1. The second-order valence-corrected chi connectivity index (χ2v) is 5.86. The highest BCUT2D eigenvalue weighted by Crippen LogP contribution is 2.26. The minimum Gasteiger partial charge on any atom is -0.374 e. The molecule has 22 heavy (non-hydrogen) atoms. The molecule has 6 nitrogen and oxygen atoms in total. The van der Waals surface area contributed by atoms with E-state index in [1.807, 2.05) is 18.2 Å². The van der Waals surface area contributed by atoms with E-state index in [1.165, 1.54) is 0 Å². The Morgan fingerprint density at radius 2 is 1.82 bits per heavy atom. The van der Waals surface area contributed by atoms with Crippen LogP contribution in [-0.2, 0) is 24.4 Å². The Hall–Kier alpha value is -1.67. The Morgan fingerprint density at radius 3 is 2.59 bits per heavy atom. The van der Waals surface area contributed by atoms with Crippen LogP contribution in [0.15, 0.2) is 42.5 Å². The lowest BCUT2D eigenvalue weighted by Crippen LogP contribution is -2.23. The maximum absolute atomic E-state index is 11.9. The molecule has 0 fully saturated rings. The van der Waals surface area contributed by atoms with Gasteiger partial charge in [0.05, 0.1) is 19.3 Å². The first kappa shape index (κ1) is 16.7.